The molecule has 1 N–H and O–H groups in total. The fraction of sp³-hybridized carbons (Fsp3) is 0.400. The van der Waals surface area contributed by atoms with Crippen LogP contribution in [0.1, 0.15) is 13.8 Å². The molecule has 0 aromatic heterocycles. The van der Waals surface area contributed by atoms with E-state index in [0.717, 1.165) is 6.08 Å². The van der Waals surface area contributed by atoms with Crippen molar-refractivity contribution in [3.63, 3.8) is 0 Å². The SMILES string of the molecule is CCOC(=O)[C@@]1(C)C=CC(O)=CC1=O. The summed E-state index contributed by atoms with van der Waals surface area (Å²) in [6.07, 6.45) is 3.69. The number of carbonyl (C=O) groups excluding carboxylic acids is 2. The van der Waals surface area contributed by atoms with Crippen LogP contribution >= 0.6 is 0 Å². The predicted molar refractivity (Wildman–Crippen MR) is 49.6 cm³/mol. The van der Waals surface area contributed by atoms with Crippen LogP contribution in [0, 0.1) is 5.41 Å². The second-order valence-corrected chi connectivity index (χ2v) is 3.19. The highest BCUT2D eigenvalue weighted by molar-refractivity contribution is 6.11. The van der Waals surface area contributed by atoms with Crippen molar-refractivity contribution in [3.05, 3.63) is 24.0 Å². The summed E-state index contributed by atoms with van der Waals surface area (Å²) in [6, 6.07) is 0. The number of carbonyl (C=O) groups is 2. The second kappa shape index (κ2) is 3.65. The van der Waals surface area contributed by atoms with Crippen LogP contribution in [-0.2, 0) is 14.3 Å². The van der Waals surface area contributed by atoms with Crippen molar-refractivity contribution < 1.29 is 19.4 Å². The number of esters is 1. The Balaban J connectivity index is 2.92. The number of aliphatic hydroxyl groups is 1. The number of aliphatic hydroxyl groups excluding tert-OH is 1. The summed E-state index contributed by atoms with van der Waals surface area (Å²) in [5.74, 6) is -1.20. The van der Waals surface area contributed by atoms with Gasteiger partial charge in [-0.25, -0.2) is 0 Å². The molecule has 1 rings (SSSR count). The van der Waals surface area contributed by atoms with Crippen LogP contribution in [-0.4, -0.2) is 23.5 Å². The van der Waals surface area contributed by atoms with Gasteiger partial charge in [0.15, 0.2) is 5.78 Å². The van der Waals surface area contributed by atoms with Crippen LogP contribution < -0.4 is 0 Å². The summed E-state index contributed by atoms with van der Waals surface area (Å²) in [5.41, 5.74) is -1.29. The van der Waals surface area contributed by atoms with Gasteiger partial charge in [-0.05, 0) is 19.9 Å². The molecule has 76 valence electrons. The molecule has 0 aromatic rings. The summed E-state index contributed by atoms with van der Waals surface area (Å²) >= 11 is 0. The minimum atomic E-state index is -1.29. The van der Waals surface area contributed by atoms with Crippen molar-refractivity contribution in [1.82, 2.24) is 0 Å². The molecule has 0 spiro atoms. The number of ketones is 1. The Labute approximate surface area is 81.9 Å². The Bertz CT molecular complexity index is 327. The standard InChI is InChI=1S/C10H12O4/c1-3-14-9(13)10(2)5-4-7(11)6-8(10)12/h4-6,11H,3H2,1-2H3/t10-/m0/s1. The Morgan fingerprint density at radius 2 is 2.29 bits per heavy atom. The van der Waals surface area contributed by atoms with Gasteiger partial charge in [-0.15, -0.1) is 0 Å². The first-order valence-electron chi connectivity index (χ1n) is 4.32. The van der Waals surface area contributed by atoms with Crippen LogP contribution in [0.25, 0.3) is 0 Å². The van der Waals surface area contributed by atoms with Gasteiger partial charge in [-0.2, -0.15) is 0 Å². The van der Waals surface area contributed by atoms with E-state index in [1.807, 2.05) is 0 Å². The number of hydrogen-bond donors (Lipinski definition) is 1. The molecule has 4 nitrogen and oxygen atoms in total. The highest BCUT2D eigenvalue weighted by atomic mass is 16.5. The van der Waals surface area contributed by atoms with Crippen LogP contribution in [0.5, 0.6) is 0 Å². The summed E-state index contributed by atoms with van der Waals surface area (Å²) in [7, 11) is 0. The molecule has 0 fully saturated rings. The molecule has 1 atom stereocenters. The van der Waals surface area contributed by atoms with Crippen molar-refractivity contribution in [2.45, 2.75) is 13.8 Å². The third kappa shape index (κ3) is 1.69. The maximum absolute atomic E-state index is 11.5. The lowest BCUT2D eigenvalue weighted by Gasteiger charge is -2.22. The van der Waals surface area contributed by atoms with E-state index in [2.05, 4.69) is 0 Å². The quantitative estimate of drug-likeness (QED) is 0.531. The fourth-order valence-electron chi connectivity index (χ4n) is 1.12. The second-order valence-electron chi connectivity index (χ2n) is 3.19. The van der Waals surface area contributed by atoms with E-state index in [4.69, 9.17) is 9.84 Å². The molecule has 14 heavy (non-hydrogen) atoms. The molecule has 0 bridgehead atoms. The summed E-state index contributed by atoms with van der Waals surface area (Å²) in [6.45, 7) is 3.36. The average Bonchev–Trinajstić information content (AvgIpc) is 2.12. The van der Waals surface area contributed by atoms with Gasteiger partial charge in [0.2, 0.25) is 0 Å². The Kier molecular flexibility index (Phi) is 2.74. The molecule has 0 heterocycles. The number of hydrogen-bond acceptors (Lipinski definition) is 4. The van der Waals surface area contributed by atoms with E-state index in [0.29, 0.717) is 0 Å². The van der Waals surface area contributed by atoms with Crippen LogP contribution in [0.15, 0.2) is 24.0 Å². The van der Waals surface area contributed by atoms with Crippen molar-refractivity contribution in [2.75, 3.05) is 6.61 Å². The summed E-state index contributed by atoms with van der Waals surface area (Å²) < 4.78 is 4.77. The highest BCUT2D eigenvalue weighted by Crippen LogP contribution is 2.27. The molecule has 0 unspecified atom stereocenters. The van der Waals surface area contributed by atoms with Gasteiger partial charge < -0.3 is 9.84 Å². The first-order chi connectivity index (χ1) is 6.50. The first kappa shape index (κ1) is 10.5. The van der Waals surface area contributed by atoms with E-state index in [1.165, 1.54) is 19.1 Å². The summed E-state index contributed by atoms with van der Waals surface area (Å²) in [4.78, 5) is 22.9. The third-order valence-electron chi connectivity index (χ3n) is 2.08. The van der Waals surface area contributed by atoms with E-state index in [9.17, 15) is 9.59 Å². The number of ether oxygens (including phenoxy) is 1. The van der Waals surface area contributed by atoms with Crippen molar-refractivity contribution in [3.8, 4) is 0 Å². The van der Waals surface area contributed by atoms with Crippen molar-refractivity contribution in [1.29, 1.82) is 0 Å². The topological polar surface area (TPSA) is 63.6 Å². The maximum Gasteiger partial charge on any atom is 0.323 e. The summed E-state index contributed by atoms with van der Waals surface area (Å²) in [5, 5.41) is 9.02. The lowest BCUT2D eigenvalue weighted by Crippen LogP contribution is -2.36. The van der Waals surface area contributed by atoms with E-state index >= 15 is 0 Å². The van der Waals surface area contributed by atoms with Gasteiger partial charge in [0.05, 0.1) is 6.61 Å². The molecule has 0 saturated heterocycles. The number of allylic oxidation sites excluding steroid dienone is 2. The van der Waals surface area contributed by atoms with Gasteiger partial charge in [0.1, 0.15) is 11.2 Å². The van der Waals surface area contributed by atoms with E-state index in [1.54, 1.807) is 6.92 Å². The predicted octanol–water partition coefficient (Wildman–Crippen LogP) is 1.14. The number of rotatable bonds is 2. The normalized spacial score (nSPS) is 25.9. The van der Waals surface area contributed by atoms with Crippen LogP contribution in [0.3, 0.4) is 0 Å². The first-order valence-corrected chi connectivity index (χ1v) is 4.32. The molecule has 0 amide bonds. The van der Waals surface area contributed by atoms with Gasteiger partial charge >= 0.3 is 5.97 Å². The minimum Gasteiger partial charge on any atom is -0.508 e. The Hall–Kier alpha value is -1.58. The third-order valence-corrected chi connectivity index (χ3v) is 2.08. The molecule has 0 aromatic carbocycles. The molecular weight excluding hydrogens is 184 g/mol. The van der Waals surface area contributed by atoms with E-state index in [-0.39, 0.29) is 12.4 Å². The maximum atomic E-state index is 11.5. The molecular formula is C10H12O4. The zero-order valence-corrected chi connectivity index (χ0v) is 8.11. The lowest BCUT2D eigenvalue weighted by molar-refractivity contribution is -0.154. The molecule has 1 aliphatic carbocycles. The van der Waals surface area contributed by atoms with Gasteiger partial charge in [0.25, 0.3) is 0 Å². The van der Waals surface area contributed by atoms with Gasteiger partial charge in [-0.3, -0.25) is 9.59 Å². The van der Waals surface area contributed by atoms with Gasteiger partial charge in [0, 0.05) is 6.08 Å². The van der Waals surface area contributed by atoms with Gasteiger partial charge in [-0.1, -0.05) is 6.08 Å². The largest absolute Gasteiger partial charge is 0.508 e. The highest BCUT2D eigenvalue weighted by Gasteiger charge is 2.40. The fourth-order valence-corrected chi connectivity index (χ4v) is 1.12. The Morgan fingerprint density at radius 1 is 1.64 bits per heavy atom. The van der Waals surface area contributed by atoms with Crippen molar-refractivity contribution in [2.24, 2.45) is 5.41 Å². The smallest absolute Gasteiger partial charge is 0.323 e. The minimum absolute atomic E-state index is 0.142. The molecule has 0 aliphatic heterocycles. The average molecular weight is 196 g/mol. The van der Waals surface area contributed by atoms with Crippen molar-refractivity contribution >= 4 is 11.8 Å². The van der Waals surface area contributed by atoms with Crippen LogP contribution in [0.4, 0.5) is 0 Å². The molecule has 4 heteroatoms. The monoisotopic (exact) mass is 196 g/mol. The molecule has 0 saturated carbocycles. The zero-order chi connectivity index (χ0) is 10.8. The lowest BCUT2D eigenvalue weighted by atomic mass is 9.82. The molecule has 0 radical (unpaired) electrons. The zero-order valence-electron chi connectivity index (χ0n) is 8.11. The molecule has 1 aliphatic rings. The Morgan fingerprint density at radius 3 is 2.79 bits per heavy atom. The van der Waals surface area contributed by atoms with E-state index < -0.39 is 17.2 Å². The van der Waals surface area contributed by atoms with Crippen LogP contribution in [0.2, 0.25) is 0 Å².